The van der Waals surface area contributed by atoms with Gasteiger partial charge < -0.3 is 0 Å². The van der Waals surface area contributed by atoms with E-state index in [1.54, 1.807) is 0 Å². The first kappa shape index (κ1) is 12.2. The van der Waals surface area contributed by atoms with Gasteiger partial charge in [0.05, 0.1) is 0 Å². The fourth-order valence-corrected chi connectivity index (χ4v) is 1.74. The molecule has 2 heteroatoms. The van der Waals surface area contributed by atoms with Crippen molar-refractivity contribution >= 4 is 21.6 Å². The van der Waals surface area contributed by atoms with Crippen LogP contribution >= 0.6 is 15.9 Å². The SMILES string of the molecule is C/C=C(/CC)N=C(C)c1cccc(Br)c1. The number of hydrogen-bond donors (Lipinski definition) is 0. The van der Waals surface area contributed by atoms with Gasteiger partial charge in [0, 0.05) is 15.9 Å². The quantitative estimate of drug-likeness (QED) is 0.710. The Morgan fingerprint density at radius 2 is 2.20 bits per heavy atom. The van der Waals surface area contributed by atoms with E-state index in [0.717, 1.165) is 27.9 Å². The van der Waals surface area contributed by atoms with E-state index in [0.29, 0.717) is 0 Å². The van der Waals surface area contributed by atoms with Crippen LogP contribution < -0.4 is 0 Å². The Hall–Kier alpha value is -0.890. The minimum Gasteiger partial charge on any atom is -0.258 e. The molecule has 0 bridgehead atoms. The van der Waals surface area contributed by atoms with Crippen molar-refractivity contribution in [2.24, 2.45) is 4.99 Å². The van der Waals surface area contributed by atoms with Gasteiger partial charge in [0.15, 0.2) is 0 Å². The summed E-state index contributed by atoms with van der Waals surface area (Å²) in [6.07, 6.45) is 3.03. The van der Waals surface area contributed by atoms with Crippen LogP contribution in [0.25, 0.3) is 0 Å². The van der Waals surface area contributed by atoms with Crippen molar-refractivity contribution < 1.29 is 0 Å². The van der Waals surface area contributed by atoms with Crippen molar-refractivity contribution in [2.75, 3.05) is 0 Å². The fourth-order valence-electron chi connectivity index (χ4n) is 1.34. The summed E-state index contributed by atoms with van der Waals surface area (Å²) in [4.78, 5) is 4.58. The highest BCUT2D eigenvalue weighted by Gasteiger charge is 1.98. The average Bonchev–Trinajstić information content (AvgIpc) is 2.25. The molecule has 1 nitrogen and oxygen atoms in total. The van der Waals surface area contributed by atoms with Crippen molar-refractivity contribution in [1.29, 1.82) is 0 Å². The zero-order valence-corrected chi connectivity index (χ0v) is 11.0. The van der Waals surface area contributed by atoms with Crippen LogP contribution in [0.5, 0.6) is 0 Å². The summed E-state index contributed by atoms with van der Waals surface area (Å²) in [6, 6.07) is 8.21. The number of benzene rings is 1. The molecule has 15 heavy (non-hydrogen) atoms. The van der Waals surface area contributed by atoms with Crippen LogP contribution in [0.15, 0.2) is 45.5 Å². The van der Waals surface area contributed by atoms with Crippen LogP contribution in [-0.2, 0) is 0 Å². The van der Waals surface area contributed by atoms with Gasteiger partial charge in [-0.25, -0.2) is 0 Å². The minimum atomic E-state index is 0.974. The van der Waals surface area contributed by atoms with Crippen LogP contribution in [0.2, 0.25) is 0 Å². The molecule has 0 spiro atoms. The largest absolute Gasteiger partial charge is 0.258 e. The average molecular weight is 266 g/mol. The maximum Gasteiger partial charge on any atom is 0.0448 e. The van der Waals surface area contributed by atoms with Crippen molar-refractivity contribution in [3.63, 3.8) is 0 Å². The first-order chi connectivity index (χ1) is 7.17. The molecule has 0 unspecified atom stereocenters. The molecule has 0 fully saturated rings. The van der Waals surface area contributed by atoms with Gasteiger partial charge >= 0.3 is 0 Å². The predicted molar refractivity (Wildman–Crippen MR) is 70.4 cm³/mol. The van der Waals surface area contributed by atoms with E-state index < -0.39 is 0 Å². The van der Waals surface area contributed by atoms with E-state index in [9.17, 15) is 0 Å². The van der Waals surface area contributed by atoms with Gasteiger partial charge in [-0.3, -0.25) is 4.99 Å². The summed E-state index contributed by atoms with van der Waals surface area (Å²) in [5.41, 5.74) is 3.36. The normalized spacial score (nSPS) is 13.1. The third-order valence-corrected chi connectivity index (χ3v) is 2.74. The summed E-state index contributed by atoms with van der Waals surface area (Å²) in [6.45, 7) is 6.18. The number of halogens is 1. The summed E-state index contributed by atoms with van der Waals surface area (Å²) in [7, 11) is 0. The van der Waals surface area contributed by atoms with E-state index in [-0.39, 0.29) is 0 Å². The molecular formula is C13H16BrN. The lowest BCUT2D eigenvalue weighted by Gasteiger charge is -2.03. The van der Waals surface area contributed by atoms with Gasteiger partial charge in [0.25, 0.3) is 0 Å². The molecule has 1 aromatic rings. The summed E-state index contributed by atoms with van der Waals surface area (Å²) in [5.74, 6) is 0. The van der Waals surface area contributed by atoms with Crippen LogP contribution in [0, 0.1) is 0 Å². The van der Waals surface area contributed by atoms with Crippen LogP contribution in [0.1, 0.15) is 32.8 Å². The van der Waals surface area contributed by atoms with Crippen molar-refractivity contribution in [3.8, 4) is 0 Å². The second kappa shape index (κ2) is 5.86. The maximum atomic E-state index is 4.58. The van der Waals surface area contributed by atoms with Crippen LogP contribution in [0.4, 0.5) is 0 Å². The number of rotatable bonds is 3. The van der Waals surface area contributed by atoms with Crippen LogP contribution in [0.3, 0.4) is 0 Å². The predicted octanol–water partition coefficient (Wildman–Crippen LogP) is 4.57. The second-order valence-corrected chi connectivity index (χ2v) is 4.26. The summed E-state index contributed by atoms with van der Waals surface area (Å²) in [5, 5.41) is 0. The third-order valence-electron chi connectivity index (χ3n) is 2.25. The molecule has 0 aliphatic carbocycles. The molecule has 0 heterocycles. The molecule has 0 saturated heterocycles. The summed E-state index contributed by atoms with van der Waals surface area (Å²) < 4.78 is 1.09. The molecule has 80 valence electrons. The Kier molecular flexibility index (Phi) is 4.76. The molecule has 0 N–H and O–H groups in total. The second-order valence-electron chi connectivity index (χ2n) is 3.34. The highest BCUT2D eigenvalue weighted by Crippen LogP contribution is 2.14. The molecule has 0 atom stereocenters. The molecule has 0 saturated carbocycles. The molecule has 0 amide bonds. The van der Waals surface area contributed by atoms with Crippen molar-refractivity contribution in [2.45, 2.75) is 27.2 Å². The Morgan fingerprint density at radius 1 is 1.47 bits per heavy atom. The lowest BCUT2D eigenvalue weighted by molar-refractivity contribution is 1.06. The topological polar surface area (TPSA) is 12.4 Å². The number of aliphatic imine (C=N–C) groups is 1. The molecule has 0 radical (unpaired) electrons. The Bertz CT molecular complexity index is 391. The standard InChI is InChI=1S/C13H16BrN/c1-4-13(5-2)15-10(3)11-7-6-8-12(14)9-11/h4,6-9H,5H2,1-3H3/b13-4-,15-10?. The van der Waals surface area contributed by atoms with Crippen molar-refractivity contribution in [1.82, 2.24) is 0 Å². The molecule has 1 aromatic carbocycles. The van der Waals surface area contributed by atoms with Crippen LogP contribution in [-0.4, -0.2) is 5.71 Å². The highest BCUT2D eigenvalue weighted by molar-refractivity contribution is 9.10. The van der Waals surface area contributed by atoms with E-state index in [1.807, 2.05) is 26.0 Å². The van der Waals surface area contributed by atoms with E-state index in [2.05, 4.69) is 46.1 Å². The van der Waals surface area contributed by atoms with Gasteiger partial charge in [0.1, 0.15) is 0 Å². The zero-order chi connectivity index (χ0) is 11.3. The molecular weight excluding hydrogens is 250 g/mol. The monoisotopic (exact) mass is 265 g/mol. The van der Waals surface area contributed by atoms with E-state index >= 15 is 0 Å². The Morgan fingerprint density at radius 3 is 2.73 bits per heavy atom. The lowest BCUT2D eigenvalue weighted by atomic mass is 10.1. The van der Waals surface area contributed by atoms with E-state index in [1.165, 1.54) is 0 Å². The van der Waals surface area contributed by atoms with Gasteiger partial charge in [-0.05, 0) is 38.0 Å². The van der Waals surface area contributed by atoms with Crippen molar-refractivity contribution in [3.05, 3.63) is 46.1 Å². The Balaban J connectivity index is 2.98. The van der Waals surface area contributed by atoms with Gasteiger partial charge in [-0.2, -0.15) is 0 Å². The lowest BCUT2D eigenvalue weighted by Crippen LogP contribution is -1.95. The minimum absolute atomic E-state index is 0.974. The number of nitrogens with zero attached hydrogens (tertiary/aromatic N) is 1. The molecule has 0 aromatic heterocycles. The first-order valence-electron chi connectivity index (χ1n) is 5.13. The van der Waals surface area contributed by atoms with Gasteiger partial charge in [-0.15, -0.1) is 0 Å². The Labute approximate surface area is 100 Å². The highest BCUT2D eigenvalue weighted by atomic mass is 79.9. The van der Waals surface area contributed by atoms with Gasteiger partial charge in [0.2, 0.25) is 0 Å². The number of hydrogen-bond acceptors (Lipinski definition) is 1. The molecule has 1 rings (SSSR count). The number of allylic oxidation sites excluding steroid dienone is 2. The van der Waals surface area contributed by atoms with E-state index in [4.69, 9.17) is 0 Å². The zero-order valence-electron chi connectivity index (χ0n) is 9.42. The maximum absolute atomic E-state index is 4.58. The molecule has 0 aliphatic rings. The fraction of sp³-hybridized carbons (Fsp3) is 0.308. The van der Waals surface area contributed by atoms with Gasteiger partial charge in [-0.1, -0.05) is 41.1 Å². The molecule has 0 aliphatic heterocycles. The first-order valence-corrected chi connectivity index (χ1v) is 5.93. The summed E-state index contributed by atoms with van der Waals surface area (Å²) >= 11 is 3.46. The smallest absolute Gasteiger partial charge is 0.0448 e. The third kappa shape index (κ3) is 3.63.